The van der Waals surface area contributed by atoms with Crippen LogP contribution >= 0.6 is 22.6 Å². The van der Waals surface area contributed by atoms with Crippen LogP contribution in [0.2, 0.25) is 0 Å². The largest absolute Gasteiger partial charge is 0.299 e. The molecule has 1 fully saturated rings. The third-order valence-corrected chi connectivity index (χ3v) is 5.08. The summed E-state index contributed by atoms with van der Waals surface area (Å²) in [6, 6.07) is 9.73. The maximum absolute atomic E-state index is 2.55. The van der Waals surface area contributed by atoms with Crippen molar-refractivity contribution in [2.24, 2.45) is 5.92 Å². The zero-order valence-electron chi connectivity index (χ0n) is 11.5. The Bertz CT molecular complexity index is 352. The molecule has 0 radical (unpaired) electrons. The molecule has 0 heterocycles. The third-order valence-electron chi connectivity index (χ3n) is 4.36. The minimum absolute atomic E-state index is 0.798. The summed E-state index contributed by atoms with van der Waals surface area (Å²) in [5.74, 6) is 0.993. The van der Waals surface area contributed by atoms with E-state index in [2.05, 4.69) is 65.7 Å². The molecule has 0 unspecified atom stereocenters. The molecule has 1 aromatic rings. The van der Waals surface area contributed by atoms with Crippen LogP contribution in [0.5, 0.6) is 0 Å². The van der Waals surface area contributed by atoms with Gasteiger partial charge < -0.3 is 0 Å². The van der Waals surface area contributed by atoms with Crippen LogP contribution in [0.1, 0.15) is 44.6 Å². The molecule has 0 aromatic heterocycles. The highest BCUT2D eigenvalue weighted by atomic mass is 127. The van der Waals surface area contributed by atoms with Crippen molar-refractivity contribution < 1.29 is 0 Å². The van der Waals surface area contributed by atoms with Gasteiger partial charge in [-0.1, -0.05) is 25.5 Å². The molecule has 0 atom stereocenters. The standard InChI is InChI=1S/C16H24IN/c1-3-13-6-10-16(11-7-13)18(2)12-14-4-8-15(17)9-5-14/h4-5,8-9,13,16H,3,6-7,10-12H2,1-2H3. The molecule has 1 saturated carbocycles. The molecular formula is C16H24IN. The minimum Gasteiger partial charge on any atom is -0.299 e. The molecule has 1 aliphatic carbocycles. The van der Waals surface area contributed by atoms with Crippen LogP contribution in [0.3, 0.4) is 0 Å². The summed E-state index contributed by atoms with van der Waals surface area (Å²) in [4.78, 5) is 2.55. The third kappa shape index (κ3) is 3.95. The van der Waals surface area contributed by atoms with Gasteiger partial charge >= 0.3 is 0 Å². The van der Waals surface area contributed by atoms with E-state index in [1.807, 2.05) is 0 Å². The molecule has 0 spiro atoms. The first kappa shape index (κ1) is 14.3. The molecule has 0 saturated heterocycles. The van der Waals surface area contributed by atoms with E-state index in [1.54, 1.807) is 0 Å². The first-order chi connectivity index (χ1) is 8.69. The van der Waals surface area contributed by atoms with Crippen molar-refractivity contribution in [3.8, 4) is 0 Å². The monoisotopic (exact) mass is 357 g/mol. The van der Waals surface area contributed by atoms with Gasteiger partial charge in [0, 0.05) is 16.2 Å². The second-order valence-electron chi connectivity index (χ2n) is 5.62. The Kier molecular flexibility index (Phi) is 5.49. The number of hydrogen-bond donors (Lipinski definition) is 0. The lowest BCUT2D eigenvalue weighted by Crippen LogP contribution is -2.34. The fourth-order valence-electron chi connectivity index (χ4n) is 3.00. The normalized spacial score (nSPS) is 24.4. The molecule has 100 valence electrons. The molecule has 2 rings (SSSR count). The van der Waals surface area contributed by atoms with E-state index in [9.17, 15) is 0 Å². The molecule has 0 amide bonds. The highest BCUT2D eigenvalue weighted by Gasteiger charge is 2.22. The van der Waals surface area contributed by atoms with Crippen molar-refractivity contribution in [2.45, 2.75) is 51.6 Å². The van der Waals surface area contributed by atoms with Gasteiger partial charge in [-0.15, -0.1) is 0 Å². The van der Waals surface area contributed by atoms with E-state index < -0.39 is 0 Å². The fourth-order valence-corrected chi connectivity index (χ4v) is 3.36. The van der Waals surface area contributed by atoms with E-state index in [1.165, 1.54) is 41.2 Å². The van der Waals surface area contributed by atoms with E-state index in [-0.39, 0.29) is 0 Å². The fraction of sp³-hybridized carbons (Fsp3) is 0.625. The van der Waals surface area contributed by atoms with Crippen molar-refractivity contribution in [3.63, 3.8) is 0 Å². The summed E-state index contributed by atoms with van der Waals surface area (Å²) in [6.07, 6.45) is 7.00. The van der Waals surface area contributed by atoms with Crippen molar-refractivity contribution in [1.29, 1.82) is 0 Å². The average Bonchev–Trinajstić information content (AvgIpc) is 2.41. The highest BCUT2D eigenvalue weighted by molar-refractivity contribution is 14.1. The lowest BCUT2D eigenvalue weighted by Gasteiger charge is -2.34. The Morgan fingerprint density at radius 2 is 1.72 bits per heavy atom. The van der Waals surface area contributed by atoms with Crippen molar-refractivity contribution >= 4 is 22.6 Å². The van der Waals surface area contributed by atoms with Crippen molar-refractivity contribution in [1.82, 2.24) is 4.90 Å². The Morgan fingerprint density at radius 3 is 2.28 bits per heavy atom. The van der Waals surface area contributed by atoms with Gasteiger partial charge in [0.05, 0.1) is 0 Å². The van der Waals surface area contributed by atoms with E-state index in [4.69, 9.17) is 0 Å². The van der Waals surface area contributed by atoms with E-state index in [0.717, 1.165) is 18.5 Å². The second-order valence-corrected chi connectivity index (χ2v) is 6.87. The summed E-state index contributed by atoms with van der Waals surface area (Å²) in [7, 11) is 2.29. The highest BCUT2D eigenvalue weighted by Crippen LogP contribution is 2.29. The zero-order valence-corrected chi connectivity index (χ0v) is 13.7. The summed E-state index contributed by atoms with van der Waals surface area (Å²) >= 11 is 2.37. The van der Waals surface area contributed by atoms with Crippen LogP contribution in [-0.4, -0.2) is 18.0 Å². The van der Waals surface area contributed by atoms with Crippen LogP contribution in [0.25, 0.3) is 0 Å². The predicted octanol–water partition coefficient (Wildman–Crippen LogP) is 4.69. The molecule has 2 heteroatoms. The quantitative estimate of drug-likeness (QED) is 0.707. The van der Waals surface area contributed by atoms with Crippen LogP contribution < -0.4 is 0 Å². The molecule has 1 aliphatic rings. The van der Waals surface area contributed by atoms with Crippen LogP contribution in [0.15, 0.2) is 24.3 Å². The number of rotatable bonds is 4. The van der Waals surface area contributed by atoms with Gasteiger partial charge in [-0.2, -0.15) is 0 Å². The first-order valence-corrected chi connectivity index (χ1v) is 8.21. The Morgan fingerprint density at radius 1 is 1.11 bits per heavy atom. The summed E-state index contributed by atoms with van der Waals surface area (Å²) < 4.78 is 1.32. The molecule has 1 nitrogen and oxygen atoms in total. The Hall–Kier alpha value is -0.0900. The van der Waals surface area contributed by atoms with Gasteiger partial charge in [-0.25, -0.2) is 0 Å². The van der Waals surface area contributed by atoms with Crippen LogP contribution in [0.4, 0.5) is 0 Å². The summed E-state index contributed by atoms with van der Waals surface area (Å²) in [5, 5.41) is 0. The maximum Gasteiger partial charge on any atom is 0.0233 e. The number of halogens is 1. The van der Waals surface area contributed by atoms with Crippen LogP contribution in [0, 0.1) is 9.49 Å². The van der Waals surface area contributed by atoms with Gasteiger partial charge in [0.25, 0.3) is 0 Å². The van der Waals surface area contributed by atoms with E-state index in [0.29, 0.717) is 0 Å². The molecular weight excluding hydrogens is 333 g/mol. The molecule has 0 aliphatic heterocycles. The molecule has 0 bridgehead atoms. The predicted molar refractivity (Wildman–Crippen MR) is 86.7 cm³/mol. The smallest absolute Gasteiger partial charge is 0.0233 e. The maximum atomic E-state index is 2.55. The number of benzene rings is 1. The Labute approximate surface area is 125 Å². The minimum atomic E-state index is 0.798. The SMILES string of the molecule is CCC1CCC(N(C)Cc2ccc(I)cc2)CC1. The van der Waals surface area contributed by atoms with Gasteiger partial charge in [0.1, 0.15) is 0 Å². The topological polar surface area (TPSA) is 3.24 Å². The van der Waals surface area contributed by atoms with Crippen molar-refractivity contribution in [3.05, 3.63) is 33.4 Å². The number of hydrogen-bond acceptors (Lipinski definition) is 1. The average molecular weight is 357 g/mol. The molecule has 1 aromatic carbocycles. The number of nitrogens with zero attached hydrogens (tertiary/aromatic N) is 1. The van der Waals surface area contributed by atoms with Gasteiger partial charge in [0.2, 0.25) is 0 Å². The zero-order chi connectivity index (χ0) is 13.0. The first-order valence-electron chi connectivity index (χ1n) is 7.13. The van der Waals surface area contributed by atoms with Gasteiger partial charge in [-0.05, 0) is 78.9 Å². The molecule has 0 N–H and O–H groups in total. The lowest BCUT2D eigenvalue weighted by molar-refractivity contribution is 0.157. The second kappa shape index (κ2) is 6.90. The Balaban J connectivity index is 1.85. The van der Waals surface area contributed by atoms with E-state index >= 15 is 0 Å². The summed E-state index contributed by atoms with van der Waals surface area (Å²) in [5.41, 5.74) is 1.44. The van der Waals surface area contributed by atoms with Crippen LogP contribution in [-0.2, 0) is 6.54 Å². The summed E-state index contributed by atoms with van der Waals surface area (Å²) in [6.45, 7) is 3.43. The lowest BCUT2D eigenvalue weighted by atomic mass is 9.84. The van der Waals surface area contributed by atoms with Gasteiger partial charge in [-0.3, -0.25) is 4.90 Å². The van der Waals surface area contributed by atoms with Crippen molar-refractivity contribution in [2.75, 3.05) is 7.05 Å². The molecule has 18 heavy (non-hydrogen) atoms. The van der Waals surface area contributed by atoms with Gasteiger partial charge in [0.15, 0.2) is 0 Å².